The quantitative estimate of drug-likeness (QED) is 0.240. The van der Waals surface area contributed by atoms with Crippen molar-refractivity contribution in [3.63, 3.8) is 0 Å². The monoisotopic (exact) mass is 584 g/mol. The van der Waals surface area contributed by atoms with Gasteiger partial charge in [-0.2, -0.15) is 5.10 Å². The van der Waals surface area contributed by atoms with E-state index < -0.39 is 11.8 Å². The largest absolute Gasteiger partial charge is 0.393 e. The lowest BCUT2D eigenvalue weighted by molar-refractivity contribution is -0.0581. The van der Waals surface area contributed by atoms with Crippen molar-refractivity contribution in [2.24, 2.45) is 5.92 Å². The maximum absolute atomic E-state index is 15.5. The fraction of sp³-hybridized carbons (Fsp3) is 0.486. The van der Waals surface area contributed by atoms with Gasteiger partial charge in [0, 0.05) is 35.8 Å². The molecule has 2 aliphatic carbocycles. The SMILES string of the molecule is C[C@@H]1c2ccccc2CCN1C(O)c1cc(C2CC2)n2nc(-c3ccc(CCC4CCCC(O)(CO)C4)cc3F)cc2n1. The number of benzene rings is 2. The van der Waals surface area contributed by atoms with Crippen LogP contribution in [0.1, 0.15) is 98.1 Å². The van der Waals surface area contributed by atoms with Crippen molar-refractivity contribution < 1.29 is 19.7 Å². The topological polar surface area (TPSA) is 94.1 Å². The molecule has 2 aromatic heterocycles. The number of hydrogen-bond acceptors (Lipinski definition) is 6. The van der Waals surface area contributed by atoms with Crippen molar-refractivity contribution in [2.45, 2.75) is 88.5 Å². The number of nitrogens with zero attached hydrogens (tertiary/aromatic N) is 4. The van der Waals surface area contributed by atoms with Crippen molar-refractivity contribution in [1.82, 2.24) is 19.5 Å². The summed E-state index contributed by atoms with van der Waals surface area (Å²) in [5.74, 6) is 0.371. The Morgan fingerprint density at radius 2 is 1.93 bits per heavy atom. The van der Waals surface area contributed by atoms with Crippen LogP contribution in [0, 0.1) is 11.7 Å². The van der Waals surface area contributed by atoms with Gasteiger partial charge in [-0.15, -0.1) is 0 Å². The number of aliphatic hydroxyl groups is 3. The van der Waals surface area contributed by atoms with Crippen LogP contribution in [-0.4, -0.2) is 53.6 Å². The molecule has 2 saturated carbocycles. The summed E-state index contributed by atoms with van der Waals surface area (Å²) < 4.78 is 17.3. The molecule has 0 bridgehead atoms. The molecule has 3 unspecified atom stereocenters. The van der Waals surface area contributed by atoms with Crippen LogP contribution in [0.15, 0.2) is 54.6 Å². The lowest BCUT2D eigenvalue weighted by atomic mass is 9.76. The molecule has 1 aliphatic heterocycles. The van der Waals surface area contributed by atoms with E-state index in [0.29, 0.717) is 47.3 Å². The van der Waals surface area contributed by atoms with Gasteiger partial charge in [0.1, 0.15) is 5.82 Å². The second-order valence-corrected chi connectivity index (χ2v) is 13.1. The molecule has 8 heteroatoms. The first-order chi connectivity index (χ1) is 20.8. The van der Waals surface area contributed by atoms with Crippen LogP contribution in [0.3, 0.4) is 0 Å². The highest BCUT2D eigenvalue weighted by Gasteiger charge is 2.34. The maximum atomic E-state index is 15.5. The van der Waals surface area contributed by atoms with Gasteiger partial charge >= 0.3 is 0 Å². The van der Waals surface area contributed by atoms with Crippen molar-refractivity contribution in [3.05, 3.63) is 88.5 Å². The van der Waals surface area contributed by atoms with E-state index in [2.05, 4.69) is 36.1 Å². The molecule has 0 radical (unpaired) electrons. The van der Waals surface area contributed by atoms with Gasteiger partial charge < -0.3 is 15.3 Å². The smallest absolute Gasteiger partial charge is 0.156 e. The number of aryl methyl sites for hydroxylation is 1. The summed E-state index contributed by atoms with van der Waals surface area (Å²) in [7, 11) is 0. The normalized spacial score (nSPS) is 25.1. The van der Waals surface area contributed by atoms with E-state index in [-0.39, 0.29) is 18.5 Å². The molecule has 43 heavy (non-hydrogen) atoms. The molecule has 4 atom stereocenters. The first kappa shape index (κ1) is 28.6. The van der Waals surface area contributed by atoms with Gasteiger partial charge in [0.2, 0.25) is 0 Å². The van der Waals surface area contributed by atoms with Gasteiger partial charge in [0.05, 0.1) is 23.6 Å². The van der Waals surface area contributed by atoms with E-state index in [9.17, 15) is 15.3 Å². The Morgan fingerprint density at radius 3 is 2.72 bits per heavy atom. The molecular weight excluding hydrogens is 543 g/mol. The first-order valence-electron chi connectivity index (χ1n) is 15.9. The molecule has 3 N–H and O–H groups in total. The summed E-state index contributed by atoms with van der Waals surface area (Å²) in [5, 5.41) is 36.4. The Labute approximate surface area is 252 Å². The Kier molecular flexibility index (Phi) is 7.58. The van der Waals surface area contributed by atoms with Gasteiger partial charge in [-0.1, -0.05) is 43.2 Å². The lowest BCUT2D eigenvalue weighted by Gasteiger charge is -2.38. The van der Waals surface area contributed by atoms with Crippen LogP contribution in [-0.2, 0) is 12.8 Å². The van der Waals surface area contributed by atoms with Crippen LogP contribution in [0.4, 0.5) is 4.39 Å². The molecule has 7 nitrogen and oxygen atoms in total. The number of hydrogen-bond donors (Lipinski definition) is 3. The average molecular weight is 585 g/mol. The maximum Gasteiger partial charge on any atom is 0.156 e. The van der Waals surface area contributed by atoms with Crippen LogP contribution in [0.25, 0.3) is 16.9 Å². The Bertz CT molecular complexity index is 1630. The first-order valence-corrected chi connectivity index (χ1v) is 15.9. The average Bonchev–Trinajstić information content (AvgIpc) is 3.78. The third-order valence-electron chi connectivity index (χ3n) is 10.1. The Hall–Kier alpha value is -3.17. The third-order valence-corrected chi connectivity index (χ3v) is 10.1. The second-order valence-electron chi connectivity index (χ2n) is 13.1. The number of aliphatic hydroxyl groups excluding tert-OH is 2. The minimum Gasteiger partial charge on any atom is -0.393 e. The van der Waals surface area contributed by atoms with Gasteiger partial charge in [0.25, 0.3) is 0 Å². The summed E-state index contributed by atoms with van der Waals surface area (Å²) in [4.78, 5) is 6.96. The molecule has 2 fully saturated rings. The number of fused-ring (bicyclic) bond motifs is 2. The van der Waals surface area contributed by atoms with Gasteiger partial charge in [0.15, 0.2) is 11.9 Å². The molecular formula is C35H41FN4O3. The highest BCUT2D eigenvalue weighted by molar-refractivity contribution is 5.65. The molecule has 3 aliphatic rings. The zero-order chi connectivity index (χ0) is 29.7. The molecule has 3 heterocycles. The van der Waals surface area contributed by atoms with Crippen molar-refractivity contribution in [3.8, 4) is 11.3 Å². The number of rotatable bonds is 8. The summed E-state index contributed by atoms with van der Waals surface area (Å²) in [5.41, 5.74) is 5.74. The molecule has 4 aromatic rings. The fourth-order valence-electron chi connectivity index (χ4n) is 7.39. The zero-order valence-electron chi connectivity index (χ0n) is 24.8. The van der Waals surface area contributed by atoms with E-state index >= 15 is 4.39 Å². The van der Waals surface area contributed by atoms with Gasteiger partial charge in [-0.25, -0.2) is 13.9 Å². The standard InChI is InChI=1S/C35H41FN4O3/c1-22-27-7-3-2-6-25(27)14-16-39(22)34(42)31-18-32(26-11-12-26)40-33(37-31)19-30(38-40)28-13-10-23(17-29(28)36)8-9-24-5-4-15-35(43,20-24)21-41/h2-3,6-7,10,13,17-19,22,24,26,34,41-43H,4-5,8-9,11-12,14-16,20-21H2,1H3/t22-,24?,34?,35?/m1/s1. The van der Waals surface area contributed by atoms with E-state index in [1.807, 2.05) is 22.7 Å². The van der Waals surface area contributed by atoms with Crippen LogP contribution in [0.2, 0.25) is 0 Å². The van der Waals surface area contributed by atoms with E-state index in [0.717, 1.165) is 62.7 Å². The van der Waals surface area contributed by atoms with Gasteiger partial charge in [-0.05, 0) is 92.7 Å². The summed E-state index contributed by atoms with van der Waals surface area (Å²) >= 11 is 0. The minimum absolute atomic E-state index is 0.0643. The summed E-state index contributed by atoms with van der Waals surface area (Å²) in [6, 6.07) is 17.7. The van der Waals surface area contributed by atoms with E-state index in [1.165, 1.54) is 11.1 Å². The van der Waals surface area contributed by atoms with E-state index in [4.69, 9.17) is 10.1 Å². The van der Waals surface area contributed by atoms with Crippen LogP contribution in [0.5, 0.6) is 0 Å². The molecule has 2 aromatic carbocycles. The second kappa shape index (κ2) is 11.4. The van der Waals surface area contributed by atoms with E-state index in [1.54, 1.807) is 12.1 Å². The number of aromatic nitrogens is 3. The number of halogens is 1. The van der Waals surface area contributed by atoms with Gasteiger partial charge in [-0.3, -0.25) is 4.90 Å². The molecule has 226 valence electrons. The summed E-state index contributed by atoms with van der Waals surface area (Å²) in [6.45, 7) is 2.68. The predicted molar refractivity (Wildman–Crippen MR) is 163 cm³/mol. The highest BCUT2D eigenvalue weighted by Crippen LogP contribution is 2.42. The van der Waals surface area contributed by atoms with Crippen molar-refractivity contribution in [2.75, 3.05) is 13.2 Å². The summed E-state index contributed by atoms with van der Waals surface area (Å²) in [6.07, 6.45) is 6.93. The molecule has 0 spiro atoms. The van der Waals surface area contributed by atoms with Crippen molar-refractivity contribution in [1.29, 1.82) is 0 Å². The molecule has 7 rings (SSSR count). The third kappa shape index (κ3) is 5.62. The zero-order valence-corrected chi connectivity index (χ0v) is 24.8. The lowest BCUT2D eigenvalue weighted by Crippen LogP contribution is -2.38. The Balaban J connectivity index is 1.13. The minimum atomic E-state index is -0.970. The Morgan fingerprint density at radius 1 is 1.09 bits per heavy atom. The predicted octanol–water partition coefficient (Wildman–Crippen LogP) is 5.87. The van der Waals surface area contributed by atoms with Crippen molar-refractivity contribution >= 4 is 5.65 Å². The van der Waals surface area contributed by atoms with Crippen LogP contribution < -0.4 is 0 Å². The van der Waals surface area contributed by atoms with Crippen LogP contribution >= 0.6 is 0 Å². The molecule has 0 amide bonds. The fourth-order valence-corrected chi connectivity index (χ4v) is 7.39. The molecule has 0 saturated heterocycles. The highest BCUT2D eigenvalue weighted by atomic mass is 19.1.